The maximum atomic E-state index is 12.5. The van der Waals surface area contributed by atoms with Crippen molar-refractivity contribution in [2.24, 2.45) is 17.1 Å². The van der Waals surface area contributed by atoms with Crippen molar-refractivity contribution in [2.45, 2.75) is 52.6 Å². The van der Waals surface area contributed by atoms with Gasteiger partial charge < -0.3 is 15.7 Å². The standard InChI is InChI=1S/C15H27ClN4O5/c1-5-10(4)12(18-15(24)20(19-25)7-6-16)13(21)17-11(14(22)23)8-9(2)3/h9-12H,5-8H2,1-4H3,(H,17,21)(H,18,24)(H,22,23)/t10-,11-,12-/m0/s1. The topological polar surface area (TPSA) is 128 Å². The molecule has 0 aromatic rings. The van der Waals surface area contributed by atoms with E-state index in [2.05, 4.69) is 15.9 Å². The Morgan fingerprint density at radius 3 is 2.20 bits per heavy atom. The zero-order valence-electron chi connectivity index (χ0n) is 15.0. The van der Waals surface area contributed by atoms with Crippen LogP contribution in [0.5, 0.6) is 0 Å². The predicted octanol–water partition coefficient (Wildman–Crippen LogP) is 1.95. The molecule has 0 saturated heterocycles. The second-order valence-corrected chi connectivity index (χ2v) is 6.61. The average molecular weight is 379 g/mol. The fourth-order valence-corrected chi connectivity index (χ4v) is 2.28. The first-order valence-corrected chi connectivity index (χ1v) is 8.71. The summed E-state index contributed by atoms with van der Waals surface area (Å²) >= 11 is 5.50. The van der Waals surface area contributed by atoms with Gasteiger partial charge in [0.1, 0.15) is 12.1 Å². The van der Waals surface area contributed by atoms with Gasteiger partial charge in [-0.1, -0.05) is 34.1 Å². The summed E-state index contributed by atoms with van der Waals surface area (Å²) in [5, 5.41) is 17.3. The molecule has 9 nitrogen and oxygen atoms in total. The van der Waals surface area contributed by atoms with Crippen LogP contribution in [-0.4, -0.2) is 52.5 Å². The number of aliphatic carboxylic acids is 1. The number of halogens is 1. The normalized spacial score (nSPS) is 14.3. The van der Waals surface area contributed by atoms with Crippen LogP contribution >= 0.6 is 11.6 Å². The van der Waals surface area contributed by atoms with Crippen LogP contribution in [0.1, 0.15) is 40.5 Å². The molecule has 0 aliphatic heterocycles. The van der Waals surface area contributed by atoms with Crippen LogP contribution in [0.25, 0.3) is 0 Å². The van der Waals surface area contributed by atoms with E-state index < -0.39 is 30.0 Å². The maximum Gasteiger partial charge on any atom is 0.341 e. The van der Waals surface area contributed by atoms with Crippen LogP contribution in [0.4, 0.5) is 4.79 Å². The monoisotopic (exact) mass is 378 g/mol. The van der Waals surface area contributed by atoms with E-state index in [1.807, 2.05) is 20.8 Å². The smallest absolute Gasteiger partial charge is 0.341 e. The molecule has 0 spiro atoms. The molecular weight excluding hydrogens is 352 g/mol. The Labute approximate surface area is 152 Å². The van der Waals surface area contributed by atoms with Crippen LogP contribution in [-0.2, 0) is 9.59 Å². The molecule has 3 amide bonds. The Bertz CT molecular complexity index is 475. The summed E-state index contributed by atoms with van der Waals surface area (Å²) in [5.74, 6) is -1.96. The predicted molar refractivity (Wildman–Crippen MR) is 94.0 cm³/mol. The number of carboxylic acid groups (broad SMARTS) is 1. The SMILES string of the molecule is CC[C@H](C)[C@H](NC(=O)N(CCCl)N=O)C(=O)N[C@@H](CC(C)C)C(=O)O. The Morgan fingerprint density at radius 2 is 1.80 bits per heavy atom. The Morgan fingerprint density at radius 1 is 1.20 bits per heavy atom. The number of carboxylic acids is 1. The van der Waals surface area contributed by atoms with Gasteiger partial charge in [0.25, 0.3) is 0 Å². The summed E-state index contributed by atoms with van der Waals surface area (Å²) in [5.41, 5.74) is 0. The molecule has 0 radical (unpaired) electrons. The number of rotatable bonds is 11. The van der Waals surface area contributed by atoms with Gasteiger partial charge in [0.2, 0.25) is 5.91 Å². The molecule has 25 heavy (non-hydrogen) atoms. The molecular formula is C15H27ClN4O5. The molecule has 0 aliphatic carbocycles. The number of nitroso groups, excluding NO2 is 1. The van der Waals surface area contributed by atoms with Gasteiger partial charge >= 0.3 is 12.0 Å². The second-order valence-electron chi connectivity index (χ2n) is 6.24. The summed E-state index contributed by atoms with van der Waals surface area (Å²) in [4.78, 5) is 46.6. The van der Waals surface area contributed by atoms with Crippen molar-refractivity contribution in [2.75, 3.05) is 12.4 Å². The van der Waals surface area contributed by atoms with Gasteiger partial charge in [0.05, 0.1) is 11.8 Å². The van der Waals surface area contributed by atoms with Crippen LogP contribution in [0.3, 0.4) is 0 Å². The lowest BCUT2D eigenvalue weighted by Crippen LogP contribution is -2.56. The highest BCUT2D eigenvalue weighted by Crippen LogP contribution is 2.11. The molecule has 0 aromatic heterocycles. The molecule has 144 valence electrons. The van der Waals surface area contributed by atoms with E-state index in [1.54, 1.807) is 6.92 Å². The zero-order chi connectivity index (χ0) is 19.6. The van der Waals surface area contributed by atoms with Crippen molar-refractivity contribution in [1.82, 2.24) is 15.6 Å². The summed E-state index contributed by atoms with van der Waals surface area (Å²) in [6, 6.07) is -2.91. The third-order valence-corrected chi connectivity index (χ3v) is 3.89. The van der Waals surface area contributed by atoms with E-state index in [0.29, 0.717) is 11.4 Å². The molecule has 10 heteroatoms. The largest absolute Gasteiger partial charge is 0.480 e. The van der Waals surface area contributed by atoms with Gasteiger partial charge in [-0.2, -0.15) is 5.01 Å². The van der Waals surface area contributed by atoms with Gasteiger partial charge in [0.15, 0.2) is 0 Å². The van der Waals surface area contributed by atoms with Crippen LogP contribution in [0.15, 0.2) is 5.29 Å². The lowest BCUT2D eigenvalue weighted by Gasteiger charge is -2.27. The third-order valence-electron chi connectivity index (χ3n) is 3.73. The van der Waals surface area contributed by atoms with Gasteiger partial charge in [-0.25, -0.2) is 9.59 Å². The number of carbonyl (C=O) groups is 3. The summed E-state index contributed by atoms with van der Waals surface area (Å²) in [7, 11) is 0. The first-order chi connectivity index (χ1) is 11.7. The summed E-state index contributed by atoms with van der Waals surface area (Å²) in [6.07, 6.45) is 0.820. The number of hydrogen-bond donors (Lipinski definition) is 3. The lowest BCUT2D eigenvalue weighted by molar-refractivity contribution is -0.142. The van der Waals surface area contributed by atoms with Crippen molar-refractivity contribution in [3.8, 4) is 0 Å². The molecule has 0 rings (SSSR count). The Hall–Kier alpha value is -1.90. The highest BCUT2D eigenvalue weighted by atomic mass is 35.5. The molecule has 0 fully saturated rings. The number of nitrogens with zero attached hydrogens (tertiary/aromatic N) is 2. The fourth-order valence-electron chi connectivity index (χ4n) is 2.12. The van der Waals surface area contributed by atoms with E-state index in [0.717, 1.165) is 0 Å². The quantitative estimate of drug-likeness (QED) is 0.287. The highest BCUT2D eigenvalue weighted by Gasteiger charge is 2.31. The molecule has 0 aliphatic rings. The number of nitrogens with one attached hydrogen (secondary N) is 2. The van der Waals surface area contributed by atoms with Crippen LogP contribution in [0.2, 0.25) is 0 Å². The summed E-state index contributed by atoms with van der Waals surface area (Å²) in [6.45, 7) is 7.15. The van der Waals surface area contributed by atoms with Crippen molar-refractivity contribution < 1.29 is 19.5 Å². The molecule has 0 heterocycles. The van der Waals surface area contributed by atoms with Crippen LogP contribution in [0, 0.1) is 16.7 Å². The fraction of sp³-hybridized carbons (Fsp3) is 0.800. The van der Waals surface area contributed by atoms with Crippen molar-refractivity contribution in [3.63, 3.8) is 0 Å². The van der Waals surface area contributed by atoms with E-state index in [4.69, 9.17) is 11.6 Å². The molecule has 0 bridgehead atoms. The van der Waals surface area contributed by atoms with Gasteiger partial charge in [-0.3, -0.25) is 4.79 Å². The minimum absolute atomic E-state index is 0.00876. The first kappa shape index (κ1) is 23.1. The summed E-state index contributed by atoms with van der Waals surface area (Å²) < 4.78 is 0. The van der Waals surface area contributed by atoms with Gasteiger partial charge in [0, 0.05) is 5.88 Å². The molecule has 0 aromatic carbocycles. The zero-order valence-corrected chi connectivity index (χ0v) is 15.7. The van der Waals surface area contributed by atoms with E-state index in [9.17, 15) is 24.4 Å². The van der Waals surface area contributed by atoms with Gasteiger partial charge in [-0.05, 0) is 18.3 Å². The van der Waals surface area contributed by atoms with Crippen molar-refractivity contribution >= 4 is 29.5 Å². The van der Waals surface area contributed by atoms with E-state index in [1.165, 1.54) is 0 Å². The minimum Gasteiger partial charge on any atom is -0.480 e. The number of amides is 3. The Kier molecular flexibility index (Phi) is 10.7. The van der Waals surface area contributed by atoms with Crippen molar-refractivity contribution in [3.05, 3.63) is 4.91 Å². The number of alkyl halides is 1. The number of hydrogen-bond acceptors (Lipinski definition) is 5. The van der Waals surface area contributed by atoms with Gasteiger partial charge in [-0.15, -0.1) is 16.5 Å². The number of urea groups is 1. The lowest BCUT2D eigenvalue weighted by atomic mass is 9.97. The average Bonchev–Trinajstić information content (AvgIpc) is 2.55. The van der Waals surface area contributed by atoms with E-state index >= 15 is 0 Å². The van der Waals surface area contributed by atoms with Crippen molar-refractivity contribution in [1.29, 1.82) is 0 Å². The number of carbonyl (C=O) groups excluding carboxylic acids is 2. The third kappa shape index (κ3) is 8.15. The second kappa shape index (κ2) is 11.6. The van der Waals surface area contributed by atoms with E-state index in [-0.39, 0.29) is 30.7 Å². The Balaban J connectivity index is 5.18. The molecule has 0 unspecified atom stereocenters. The maximum absolute atomic E-state index is 12.5. The minimum atomic E-state index is -1.14. The van der Waals surface area contributed by atoms with Crippen LogP contribution < -0.4 is 10.6 Å². The first-order valence-electron chi connectivity index (χ1n) is 8.18. The molecule has 0 saturated carbocycles. The molecule has 3 atom stereocenters. The molecule has 3 N–H and O–H groups in total. The highest BCUT2D eigenvalue weighted by molar-refractivity contribution is 6.18.